The zero-order valence-electron chi connectivity index (χ0n) is 10.9. The normalized spacial score (nSPS) is 20.1. The Balaban J connectivity index is 2.20. The smallest absolute Gasteiger partial charge is 0.243 e. The standard InChI is InChI=1S/C11H15ClN2O4S2/c1-14(9-4-6-19(15,16)7-5-9)20(17,18)10-2-3-11(12)13-8-10/h2-3,8-9H,4-7H2,1H3. The van der Waals surface area contributed by atoms with Crippen LogP contribution in [0.1, 0.15) is 12.8 Å². The van der Waals surface area contributed by atoms with Crippen LogP contribution in [0.5, 0.6) is 0 Å². The lowest BCUT2D eigenvalue weighted by Gasteiger charge is -2.30. The molecule has 0 atom stereocenters. The van der Waals surface area contributed by atoms with Gasteiger partial charge in [-0.25, -0.2) is 21.8 Å². The minimum absolute atomic E-state index is 0.0242. The number of rotatable bonds is 3. The number of hydrogen-bond donors (Lipinski definition) is 0. The summed E-state index contributed by atoms with van der Waals surface area (Å²) in [6.45, 7) is 0. The molecule has 0 bridgehead atoms. The van der Waals surface area contributed by atoms with Crippen molar-refractivity contribution in [1.82, 2.24) is 9.29 Å². The first kappa shape index (κ1) is 15.7. The molecular formula is C11H15ClN2O4S2. The Bertz CT molecular complexity index is 672. The van der Waals surface area contributed by atoms with Gasteiger partial charge in [-0.05, 0) is 25.0 Å². The van der Waals surface area contributed by atoms with Crippen LogP contribution in [0.25, 0.3) is 0 Å². The molecule has 0 aliphatic carbocycles. The number of nitrogens with zero attached hydrogens (tertiary/aromatic N) is 2. The van der Waals surface area contributed by atoms with Crippen molar-refractivity contribution in [3.63, 3.8) is 0 Å². The number of sulfonamides is 1. The van der Waals surface area contributed by atoms with Gasteiger partial charge in [-0.1, -0.05) is 11.6 Å². The fourth-order valence-electron chi connectivity index (χ4n) is 2.12. The van der Waals surface area contributed by atoms with Crippen LogP contribution in [0.2, 0.25) is 5.15 Å². The second-order valence-corrected chi connectivity index (χ2v) is 9.41. The predicted molar refractivity (Wildman–Crippen MR) is 75.9 cm³/mol. The fraction of sp³-hybridized carbons (Fsp3) is 0.545. The number of halogens is 1. The summed E-state index contributed by atoms with van der Waals surface area (Å²) in [5.74, 6) is 0.0484. The Morgan fingerprint density at radius 2 is 1.90 bits per heavy atom. The Hall–Kier alpha value is -0.700. The van der Waals surface area contributed by atoms with Crippen molar-refractivity contribution in [3.8, 4) is 0 Å². The van der Waals surface area contributed by atoms with Gasteiger partial charge >= 0.3 is 0 Å². The lowest BCUT2D eigenvalue weighted by molar-refractivity contribution is 0.342. The van der Waals surface area contributed by atoms with Gasteiger partial charge in [0.1, 0.15) is 19.9 Å². The van der Waals surface area contributed by atoms with E-state index < -0.39 is 19.9 Å². The fourth-order valence-corrected chi connectivity index (χ4v) is 5.06. The molecule has 6 nitrogen and oxygen atoms in total. The largest absolute Gasteiger partial charge is 0.244 e. The van der Waals surface area contributed by atoms with E-state index in [1.807, 2.05) is 0 Å². The maximum Gasteiger partial charge on any atom is 0.244 e. The van der Waals surface area contributed by atoms with Crippen molar-refractivity contribution in [2.24, 2.45) is 0 Å². The Kier molecular flexibility index (Phi) is 4.38. The summed E-state index contributed by atoms with van der Waals surface area (Å²) in [5, 5.41) is 0.218. The highest BCUT2D eigenvalue weighted by molar-refractivity contribution is 7.91. The van der Waals surface area contributed by atoms with E-state index in [1.54, 1.807) is 0 Å². The van der Waals surface area contributed by atoms with Crippen molar-refractivity contribution in [1.29, 1.82) is 0 Å². The molecule has 0 radical (unpaired) electrons. The lowest BCUT2D eigenvalue weighted by Crippen LogP contribution is -2.42. The van der Waals surface area contributed by atoms with E-state index in [0.717, 1.165) is 0 Å². The molecule has 112 valence electrons. The monoisotopic (exact) mass is 338 g/mol. The molecule has 2 heterocycles. The molecular weight excluding hydrogens is 324 g/mol. The molecule has 20 heavy (non-hydrogen) atoms. The van der Waals surface area contributed by atoms with Crippen molar-refractivity contribution < 1.29 is 16.8 Å². The third-order valence-corrected chi connectivity index (χ3v) is 7.25. The van der Waals surface area contributed by atoms with E-state index in [0.29, 0.717) is 12.8 Å². The molecule has 0 spiro atoms. The van der Waals surface area contributed by atoms with Crippen LogP contribution in [0.4, 0.5) is 0 Å². The third kappa shape index (κ3) is 3.30. The maximum atomic E-state index is 12.4. The van der Waals surface area contributed by atoms with Gasteiger partial charge in [0.15, 0.2) is 0 Å². The van der Waals surface area contributed by atoms with E-state index in [-0.39, 0.29) is 27.6 Å². The van der Waals surface area contributed by atoms with Gasteiger partial charge < -0.3 is 0 Å². The third-order valence-electron chi connectivity index (χ3n) is 3.42. The van der Waals surface area contributed by atoms with Crippen LogP contribution in [0.15, 0.2) is 23.2 Å². The highest BCUT2D eigenvalue weighted by Crippen LogP contribution is 2.23. The molecule has 0 N–H and O–H groups in total. The maximum absolute atomic E-state index is 12.4. The second kappa shape index (κ2) is 5.59. The van der Waals surface area contributed by atoms with E-state index in [1.165, 1.54) is 29.7 Å². The van der Waals surface area contributed by atoms with Crippen LogP contribution in [0, 0.1) is 0 Å². The Morgan fingerprint density at radius 3 is 2.40 bits per heavy atom. The van der Waals surface area contributed by atoms with Crippen molar-refractivity contribution in [2.45, 2.75) is 23.8 Å². The molecule has 1 aliphatic heterocycles. The predicted octanol–water partition coefficient (Wildman–Crippen LogP) is 0.933. The molecule has 2 rings (SSSR count). The van der Waals surface area contributed by atoms with Crippen molar-refractivity contribution in [3.05, 3.63) is 23.5 Å². The first-order chi connectivity index (χ1) is 9.22. The van der Waals surface area contributed by atoms with Gasteiger partial charge in [-0.3, -0.25) is 0 Å². The van der Waals surface area contributed by atoms with E-state index in [4.69, 9.17) is 11.6 Å². The summed E-state index contributed by atoms with van der Waals surface area (Å²) < 4.78 is 48.8. The SMILES string of the molecule is CN(C1CCS(=O)(=O)CC1)S(=O)(=O)c1ccc(Cl)nc1. The van der Waals surface area contributed by atoms with E-state index in [2.05, 4.69) is 4.98 Å². The zero-order chi connectivity index (χ0) is 15.0. The van der Waals surface area contributed by atoms with Gasteiger partial charge in [0, 0.05) is 19.3 Å². The Morgan fingerprint density at radius 1 is 1.30 bits per heavy atom. The average molecular weight is 339 g/mol. The summed E-state index contributed by atoms with van der Waals surface area (Å²) >= 11 is 5.64. The van der Waals surface area contributed by atoms with E-state index >= 15 is 0 Å². The highest BCUT2D eigenvalue weighted by Gasteiger charge is 2.33. The van der Waals surface area contributed by atoms with Crippen LogP contribution in [-0.2, 0) is 19.9 Å². The van der Waals surface area contributed by atoms with Crippen LogP contribution >= 0.6 is 11.6 Å². The molecule has 0 amide bonds. The van der Waals surface area contributed by atoms with Gasteiger partial charge in [0.2, 0.25) is 10.0 Å². The number of sulfone groups is 1. The molecule has 1 saturated heterocycles. The van der Waals surface area contributed by atoms with Gasteiger partial charge in [0.25, 0.3) is 0 Å². The van der Waals surface area contributed by atoms with Crippen molar-refractivity contribution in [2.75, 3.05) is 18.6 Å². The van der Waals surface area contributed by atoms with Crippen molar-refractivity contribution >= 4 is 31.5 Å². The van der Waals surface area contributed by atoms with Gasteiger partial charge in [-0.2, -0.15) is 4.31 Å². The van der Waals surface area contributed by atoms with Crippen LogP contribution in [-0.4, -0.2) is 50.7 Å². The summed E-state index contributed by atoms with van der Waals surface area (Å²) in [7, 11) is -5.23. The number of pyridine rings is 1. The summed E-state index contributed by atoms with van der Waals surface area (Å²) in [6, 6.07) is 2.49. The summed E-state index contributed by atoms with van der Waals surface area (Å²) in [4.78, 5) is 3.81. The molecule has 0 unspecified atom stereocenters. The van der Waals surface area contributed by atoms with Gasteiger partial charge in [0.05, 0.1) is 11.5 Å². The first-order valence-electron chi connectivity index (χ1n) is 6.02. The molecule has 1 fully saturated rings. The molecule has 9 heteroatoms. The number of aromatic nitrogens is 1. The summed E-state index contributed by atoms with van der Waals surface area (Å²) in [5.41, 5.74) is 0. The minimum atomic E-state index is -3.68. The Labute approximate surface area is 123 Å². The lowest BCUT2D eigenvalue weighted by atomic mass is 10.2. The second-order valence-electron chi connectivity index (χ2n) is 4.72. The first-order valence-corrected chi connectivity index (χ1v) is 9.66. The molecule has 1 aliphatic rings. The molecule has 0 saturated carbocycles. The minimum Gasteiger partial charge on any atom is -0.243 e. The molecule has 0 aromatic carbocycles. The molecule has 1 aromatic rings. The average Bonchev–Trinajstić information content (AvgIpc) is 2.38. The van der Waals surface area contributed by atoms with Crippen LogP contribution < -0.4 is 0 Å². The summed E-state index contributed by atoms with van der Waals surface area (Å²) in [6.07, 6.45) is 1.84. The van der Waals surface area contributed by atoms with E-state index in [9.17, 15) is 16.8 Å². The topological polar surface area (TPSA) is 84.4 Å². The highest BCUT2D eigenvalue weighted by atomic mass is 35.5. The van der Waals surface area contributed by atoms with Crippen LogP contribution in [0.3, 0.4) is 0 Å². The quantitative estimate of drug-likeness (QED) is 0.765. The van der Waals surface area contributed by atoms with Gasteiger partial charge in [-0.15, -0.1) is 0 Å². The zero-order valence-corrected chi connectivity index (χ0v) is 13.2. The molecule has 1 aromatic heterocycles. The number of hydrogen-bond acceptors (Lipinski definition) is 5.